The van der Waals surface area contributed by atoms with Crippen molar-refractivity contribution in [3.8, 4) is 17.6 Å². The highest BCUT2D eigenvalue weighted by atomic mass is 16.5. The van der Waals surface area contributed by atoms with Gasteiger partial charge in [0, 0.05) is 25.2 Å². The molecule has 5 rings (SSSR count). The van der Waals surface area contributed by atoms with Gasteiger partial charge in [-0.1, -0.05) is 0 Å². The predicted molar refractivity (Wildman–Crippen MR) is 102 cm³/mol. The van der Waals surface area contributed by atoms with E-state index in [1.807, 2.05) is 0 Å². The van der Waals surface area contributed by atoms with Crippen LogP contribution in [0.3, 0.4) is 0 Å². The second kappa shape index (κ2) is 6.18. The van der Waals surface area contributed by atoms with Crippen LogP contribution >= 0.6 is 0 Å². The largest absolute Gasteiger partial charge is 0.493 e. The second-order valence-corrected chi connectivity index (χ2v) is 7.22. The zero-order valence-corrected chi connectivity index (χ0v) is 15.6. The third-order valence-corrected chi connectivity index (χ3v) is 5.75. The number of amides is 1. The number of aromatic hydroxyl groups is 1. The van der Waals surface area contributed by atoms with Crippen LogP contribution in [0.5, 0.6) is 5.88 Å². The zero-order valence-electron chi connectivity index (χ0n) is 15.6. The van der Waals surface area contributed by atoms with E-state index in [-0.39, 0.29) is 36.2 Å². The molecule has 29 heavy (non-hydrogen) atoms. The minimum Gasteiger partial charge on any atom is -0.493 e. The quantitative estimate of drug-likeness (QED) is 0.719. The van der Waals surface area contributed by atoms with Crippen molar-refractivity contribution in [2.45, 2.75) is 18.5 Å². The molecule has 1 fully saturated rings. The van der Waals surface area contributed by atoms with Gasteiger partial charge in [0.2, 0.25) is 11.8 Å². The molecule has 0 saturated carbocycles. The Hall–Kier alpha value is -3.64. The highest BCUT2D eigenvalue weighted by molar-refractivity contribution is 5.91. The summed E-state index contributed by atoms with van der Waals surface area (Å²) >= 11 is 0. The zero-order chi connectivity index (χ0) is 20.3. The Bertz CT molecular complexity index is 1270. The molecular weight excluding hydrogens is 374 g/mol. The number of hydrogen-bond donors (Lipinski definition) is 1. The van der Waals surface area contributed by atoms with Gasteiger partial charge in [-0.3, -0.25) is 14.3 Å². The lowest BCUT2D eigenvalue weighted by Gasteiger charge is -2.27. The lowest BCUT2D eigenvalue weighted by Crippen LogP contribution is -2.39. The van der Waals surface area contributed by atoms with Crippen molar-refractivity contribution in [1.29, 1.82) is 5.26 Å². The van der Waals surface area contributed by atoms with Crippen LogP contribution in [0.15, 0.2) is 35.3 Å². The van der Waals surface area contributed by atoms with Crippen molar-refractivity contribution in [3.05, 3.63) is 52.2 Å². The number of pyridine rings is 1. The number of carbonyl (C=O) groups excluding carboxylic acids is 1. The minimum absolute atomic E-state index is 0.0408. The van der Waals surface area contributed by atoms with E-state index in [9.17, 15) is 20.0 Å². The summed E-state index contributed by atoms with van der Waals surface area (Å²) in [7, 11) is 1.46. The van der Waals surface area contributed by atoms with E-state index in [0.717, 1.165) is 0 Å². The number of nitrogens with zero attached hydrogens (tertiary/aromatic N) is 5. The number of imidazole rings is 1. The molecule has 1 amide bonds. The maximum absolute atomic E-state index is 13.2. The number of nitriles is 1. The van der Waals surface area contributed by atoms with Crippen molar-refractivity contribution in [2.75, 3.05) is 20.3 Å². The third-order valence-electron chi connectivity index (χ3n) is 5.75. The number of rotatable bonds is 3. The highest BCUT2D eigenvalue weighted by Gasteiger charge is 2.49. The van der Waals surface area contributed by atoms with Gasteiger partial charge in [-0.15, -0.1) is 0 Å². The normalized spacial score (nSPS) is 19.5. The van der Waals surface area contributed by atoms with Gasteiger partial charge >= 0.3 is 5.69 Å². The summed E-state index contributed by atoms with van der Waals surface area (Å²) in [4.78, 5) is 31.5. The number of carbonyl (C=O) groups is 1. The standard InChI is InChI=1S/C20H17N5O4/c1-29-10-16(26)23-9-12-7-15(23)18-19(27)25(20(28)24(12)18)14-5-4-11(8-21)17-13(14)3-2-6-22-17/h2-6,12,15,27H,7,9-10H2,1H3/t12-,15?/m1/s1. The van der Waals surface area contributed by atoms with Gasteiger partial charge in [0.15, 0.2) is 0 Å². The Morgan fingerprint density at radius 1 is 1.41 bits per heavy atom. The van der Waals surface area contributed by atoms with Crippen molar-refractivity contribution in [2.24, 2.45) is 0 Å². The van der Waals surface area contributed by atoms with E-state index >= 15 is 0 Å². The van der Waals surface area contributed by atoms with E-state index in [2.05, 4.69) is 11.1 Å². The maximum atomic E-state index is 13.2. The summed E-state index contributed by atoms with van der Waals surface area (Å²) in [5.41, 5.74) is 1.38. The van der Waals surface area contributed by atoms with Gasteiger partial charge in [-0.2, -0.15) is 5.26 Å². The molecule has 1 aromatic carbocycles. The molecule has 0 radical (unpaired) electrons. The van der Waals surface area contributed by atoms with Gasteiger partial charge in [0.1, 0.15) is 18.4 Å². The van der Waals surface area contributed by atoms with Crippen molar-refractivity contribution in [1.82, 2.24) is 19.0 Å². The molecule has 2 aliphatic rings. The van der Waals surface area contributed by atoms with Gasteiger partial charge in [0.25, 0.3) is 0 Å². The van der Waals surface area contributed by atoms with Crippen LogP contribution in [0, 0.1) is 11.3 Å². The summed E-state index contributed by atoms with van der Waals surface area (Å²) in [6, 6.07) is 8.25. The molecule has 4 heterocycles. The molecule has 2 atom stereocenters. The number of methoxy groups -OCH3 is 1. The fraction of sp³-hybridized carbons (Fsp3) is 0.300. The number of benzene rings is 1. The van der Waals surface area contributed by atoms with Crippen molar-refractivity contribution >= 4 is 16.8 Å². The first kappa shape index (κ1) is 17.5. The SMILES string of the molecule is COCC(=O)N1C[C@H]2CC1c1c(O)n(-c3ccc(C#N)c4ncccc34)c(=O)n12. The highest BCUT2D eigenvalue weighted by Crippen LogP contribution is 2.48. The average molecular weight is 391 g/mol. The molecule has 2 bridgehead atoms. The van der Waals surface area contributed by atoms with E-state index in [4.69, 9.17) is 4.74 Å². The summed E-state index contributed by atoms with van der Waals surface area (Å²) < 4.78 is 7.77. The third kappa shape index (κ3) is 2.26. The Morgan fingerprint density at radius 2 is 2.24 bits per heavy atom. The monoisotopic (exact) mass is 391 g/mol. The van der Waals surface area contributed by atoms with Gasteiger partial charge in [0.05, 0.1) is 28.9 Å². The molecule has 1 N–H and O–H groups in total. The maximum Gasteiger partial charge on any atom is 0.336 e. The van der Waals surface area contributed by atoms with Crippen molar-refractivity contribution < 1.29 is 14.6 Å². The molecule has 1 saturated heterocycles. The van der Waals surface area contributed by atoms with Gasteiger partial charge < -0.3 is 14.7 Å². The fourth-order valence-corrected chi connectivity index (χ4v) is 4.59. The average Bonchev–Trinajstić information content (AvgIpc) is 3.39. The topological polar surface area (TPSA) is 113 Å². The minimum atomic E-state index is -0.362. The first-order valence-corrected chi connectivity index (χ1v) is 9.19. The Labute approximate surface area is 165 Å². The van der Waals surface area contributed by atoms with Crippen LogP contribution in [0.1, 0.15) is 29.8 Å². The van der Waals surface area contributed by atoms with Crippen LogP contribution in [0.25, 0.3) is 16.6 Å². The Morgan fingerprint density at radius 3 is 3.00 bits per heavy atom. The van der Waals surface area contributed by atoms with Crippen LogP contribution in [-0.4, -0.2) is 50.3 Å². The smallest absolute Gasteiger partial charge is 0.336 e. The molecule has 9 heteroatoms. The number of likely N-dealkylation sites (tertiary alicyclic amines) is 1. The van der Waals surface area contributed by atoms with E-state index < -0.39 is 0 Å². The van der Waals surface area contributed by atoms with E-state index in [1.54, 1.807) is 39.9 Å². The van der Waals surface area contributed by atoms with Crippen LogP contribution in [0.4, 0.5) is 0 Å². The molecule has 9 nitrogen and oxygen atoms in total. The predicted octanol–water partition coefficient (Wildman–Crippen LogP) is 1.24. The molecule has 1 unspecified atom stereocenters. The number of aromatic nitrogens is 3. The summed E-state index contributed by atoms with van der Waals surface area (Å²) in [6.45, 7) is 0.375. The van der Waals surface area contributed by atoms with Crippen LogP contribution in [-0.2, 0) is 9.53 Å². The number of ether oxygens (including phenoxy) is 1. The van der Waals surface area contributed by atoms with Gasteiger partial charge in [-0.25, -0.2) is 9.36 Å². The molecule has 0 spiro atoms. The molecule has 146 valence electrons. The number of hydrogen-bond acceptors (Lipinski definition) is 6. The summed E-state index contributed by atoms with van der Waals surface area (Å²) in [6.07, 6.45) is 2.18. The fourth-order valence-electron chi connectivity index (χ4n) is 4.59. The second-order valence-electron chi connectivity index (χ2n) is 7.22. The molecular formula is C20H17N5O4. The first-order chi connectivity index (χ1) is 14.1. The molecule has 2 aliphatic heterocycles. The van der Waals surface area contributed by atoms with E-state index in [0.29, 0.717) is 40.8 Å². The Balaban J connectivity index is 1.70. The number of fused-ring (bicyclic) bond motifs is 6. The molecule has 2 aromatic heterocycles. The van der Waals surface area contributed by atoms with Crippen LogP contribution < -0.4 is 5.69 Å². The summed E-state index contributed by atoms with van der Waals surface area (Å²) in [5, 5.41) is 20.9. The van der Waals surface area contributed by atoms with E-state index in [1.165, 1.54) is 11.7 Å². The Kier molecular flexibility index (Phi) is 3.72. The molecule has 3 aromatic rings. The van der Waals surface area contributed by atoms with Crippen LogP contribution in [0.2, 0.25) is 0 Å². The van der Waals surface area contributed by atoms with Gasteiger partial charge in [-0.05, 0) is 30.7 Å². The lowest BCUT2D eigenvalue weighted by molar-refractivity contribution is -0.136. The lowest BCUT2D eigenvalue weighted by atomic mass is 10.1. The molecule has 0 aliphatic carbocycles. The van der Waals surface area contributed by atoms with Crippen molar-refractivity contribution in [3.63, 3.8) is 0 Å². The summed E-state index contributed by atoms with van der Waals surface area (Å²) in [5.74, 6) is -0.355. The first-order valence-electron chi connectivity index (χ1n) is 9.19.